The number of hydrogen-bond acceptors (Lipinski definition) is 3. The molecular weight excluding hydrogens is 390 g/mol. The maximum absolute atomic E-state index is 4.86. The summed E-state index contributed by atoms with van der Waals surface area (Å²) in [5.41, 5.74) is 5.31. The molecule has 0 atom stereocenters. The third-order valence-electron chi connectivity index (χ3n) is 5.76. The molecule has 3 aromatic rings. The minimum Gasteiger partial charge on any atom is -0.217 e. The van der Waals surface area contributed by atoms with Crippen LogP contribution in [-0.4, -0.2) is 15.0 Å². The van der Waals surface area contributed by atoms with E-state index in [-0.39, 0.29) is 16.2 Å². The van der Waals surface area contributed by atoms with Crippen molar-refractivity contribution >= 4 is 0 Å². The maximum Gasteiger partial charge on any atom is 0.137 e. The monoisotopic (exact) mass is 429 g/mol. The summed E-state index contributed by atoms with van der Waals surface area (Å²) in [7, 11) is 0. The van der Waals surface area contributed by atoms with Gasteiger partial charge in [-0.25, -0.2) is 15.0 Å². The second-order valence-electron chi connectivity index (χ2n) is 12.0. The first-order valence-electron chi connectivity index (χ1n) is 11.6. The Morgan fingerprint density at radius 3 is 1.09 bits per heavy atom. The van der Waals surface area contributed by atoms with E-state index in [2.05, 4.69) is 111 Å². The first kappa shape index (κ1) is 24.1. The van der Waals surface area contributed by atoms with Crippen molar-refractivity contribution in [2.75, 3.05) is 0 Å². The van der Waals surface area contributed by atoms with Gasteiger partial charge in [-0.15, -0.1) is 0 Å². The molecule has 0 aliphatic rings. The van der Waals surface area contributed by atoms with Gasteiger partial charge in [0.05, 0.1) is 0 Å². The largest absolute Gasteiger partial charge is 0.217 e. The number of aromatic nitrogens is 3. The zero-order valence-electron chi connectivity index (χ0n) is 21.4. The van der Waals surface area contributed by atoms with Crippen LogP contribution in [0.25, 0.3) is 0 Å². The highest BCUT2D eigenvalue weighted by Gasteiger charge is 2.21. The third kappa shape index (κ3) is 6.25. The first-order valence-corrected chi connectivity index (χ1v) is 11.6. The highest BCUT2D eigenvalue weighted by molar-refractivity contribution is 5.31. The summed E-state index contributed by atoms with van der Waals surface area (Å²) in [6, 6.07) is 17.7. The number of hydrogen-bond donors (Lipinski definition) is 0. The summed E-state index contributed by atoms with van der Waals surface area (Å²) >= 11 is 0. The van der Waals surface area contributed by atoms with Crippen molar-refractivity contribution in [1.29, 1.82) is 0 Å². The minimum atomic E-state index is -0.126. The van der Waals surface area contributed by atoms with E-state index in [0.717, 1.165) is 17.5 Å². The van der Waals surface area contributed by atoms with Gasteiger partial charge in [0.25, 0.3) is 0 Å². The summed E-state index contributed by atoms with van der Waals surface area (Å²) < 4.78 is 0. The fourth-order valence-corrected chi connectivity index (χ4v) is 3.57. The zero-order chi connectivity index (χ0) is 23.7. The molecule has 0 spiro atoms. The lowest BCUT2D eigenvalue weighted by Crippen LogP contribution is -2.20. The number of rotatable bonds is 4. The molecule has 32 heavy (non-hydrogen) atoms. The molecule has 0 aliphatic carbocycles. The molecule has 1 aromatic heterocycles. The van der Waals surface area contributed by atoms with E-state index in [1.165, 1.54) is 22.3 Å². The Bertz CT molecular complexity index is 964. The van der Waals surface area contributed by atoms with Crippen LogP contribution in [0.4, 0.5) is 0 Å². The molecule has 0 saturated carbocycles. The predicted molar refractivity (Wildman–Crippen MR) is 134 cm³/mol. The van der Waals surface area contributed by atoms with Gasteiger partial charge in [0.15, 0.2) is 0 Å². The Hall–Kier alpha value is -2.55. The second kappa shape index (κ2) is 8.77. The Labute approximate surface area is 194 Å². The summed E-state index contributed by atoms with van der Waals surface area (Å²) in [6.07, 6.45) is 1.43. The van der Waals surface area contributed by atoms with Gasteiger partial charge in [-0.05, 0) is 33.1 Å². The Kier molecular flexibility index (Phi) is 6.60. The molecule has 3 heteroatoms. The second-order valence-corrected chi connectivity index (χ2v) is 12.0. The van der Waals surface area contributed by atoms with E-state index in [9.17, 15) is 0 Å². The van der Waals surface area contributed by atoms with Crippen molar-refractivity contribution < 1.29 is 0 Å². The molecule has 170 valence electrons. The number of nitrogens with zero attached hydrogens (tertiary/aromatic N) is 3. The van der Waals surface area contributed by atoms with Crippen molar-refractivity contribution in [2.24, 2.45) is 0 Å². The molecule has 0 unspecified atom stereocenters. The predicted octanol–water partition coefficient (Wildman–Crippen LogP) is 6.95. The molecule has 0 aliphatic heterocycles. The molecule has 0 saturated heterocycles. The van der Waals surface area contributed by atoms with Gasteiger partial charge < -0.3 is 0 Å². The van der Waals surface area contributed by atoms with E-state index < -0.39 is 0 Å². The van der Waals surface area contributed by atoms with E-state index in [1.54, 1.807) is 0 Å². The lowest BCUT2D eigenvalue weighted by atomic mass is 9.86. The average molecular weight is 430 g/mol. The van der Waals surface area contributed by atoms with Crippen LogP contribution in [0.1, 0.15) is 102 Å². The quantitative estimate of drug-likeness (QED) is 0.450. The lowest BCUT2D eigenvalue weighted by Gasteiger charge is -2.20. The van der Waals surface area contributed by atoms with Crippen LogP contribution in [0.3, 0.4) is 0 Å². The van der Waals surface area contributed by atoms with E-state index in [4.69, 9.17) is 15.0 Å². The molecule has 0 amide bonds. The lowest BCUT2D eigenvalue weighted by molar-refractivity contribution is 0.531. The zero-order valence-corrected chi connectivity index (χ0v) is 21.4. The fourth-order valence-electron chi connectivity index (χ4n) is 3.57. The molecule has 3 nitrogen and oxygen atoms in total. The molecular formula is C29H39N3. The summed E-state index contributed by atoms with van der Waals surface area (Å²) in [5, 5.41) is 0. The molecule has 0 bridgehead atoms. The van der Waals surface area contributed by atoms with Crippen molar-refractivity contribution in [3.8, 4) is 0 Å². The first-order chi connectivity index (χ1) is 14.7. The number of benzene rings is 2. The minimum absolute atomic E-state index is 0.126. The van der Waals surface area contributed by atoms with Crippen LogP contribution in [0.2, 0.25) is 0 Å². The molecule has 1 heterocycles. The third-order valence-corrected chi connectivity index (χ3v) is 5.76. The van der Waals surface area contributed by atoms with Gasteiger partial charge in [0.1, 0.15) is 17.5 Å². The van der Waals surface area contributed by atoms with Crippen molar-refractivity contribution in [1.82, 2.24) is 15.0 Å². The fraction of sp³-hybridized carbons (Fsp3) is 0.483. The van der Waals surface area contributed by atoms with Crippen LogP contribution in [0.5, 0.6) is 0 Å². The normalized spacial score (nSPS) is 12.8. The molecule has 0 fully saturated rings. The Morgan fingerprint density at radius 2 is 0.812 bits per heavy atom. The van der Waals surface area contributed by atoms with E-state index in [1.807, 2.05) is 0 Å². The summed E-state index contributed by atoms with van der Waals surface area (Å²) in [6.45, 7) is 19.9. The van der Waals surface area contributed by atoms with Crippen LogP contribution in [-0.2, 0) is 29.1 Å². The highest BCUT2D eigenvalue weighted by atomic mass is 15.0. The SMILES string of the molecule is CC(C)(C)c1ccc(Cc2nc(Cc3ccc(C(C)(C)C)cc3)nc(C(C)(C)C)n2)cc1. The Morgan fingerprint density at radius 1 is 0.469 bits per heavy atom. The standard InChI is InChI=1S/C29H39N3/c1-27(2,3)22-14-10-20(11-15-22)18-24-30-25(32-26(31-24)29(7,8)9)19-21-12-16-23(17-13-21)28(4,5)6/h10-17H,18-19H2,1-9H3. The van der Waals surface area contributed by atoms with Gasteiger partial charge in [0, 0.05) is 18.3 Å². The summed E-state index contributed by atoms with van der Waals surface area (Å²) in [4.78, 5) is 14.5. The van der Waals surface area contributed by atoms with E-state index >= 15 is 0 Å². The van der Waals surface area contributed by atoms with Crippen LogP contribution < -0.4 is 0 Å². The van der Waals surface area contributed by atoms with Crippen LogP contribution >= 0.6 is 0 Å². The van der Waals surface area contributed by atoms with Crippen LogP contribution in [0.15, 0.2) is 48.5 Å². The van der Waals surface area contributed by atoms with Gasteiger partial charge in [-0.3, -0.25) is 0 Å². The van der Waals surface area contributed by atoms with Gasteiger partial charge >= 0.3 is 0 Å². The van der Waals surface area contributed by atoms with Gasteiger partial charge in [0.2, 0.25) is 0 Å². The topological polar surface area (TPSA) is 38.7 Å². The van der Waals surface area contributed by atoms with Crippen LogP contribution in [0, 0.1) is 0 Å². The maximum atomic E-state index is 4.86. The van der Waals surface area contributed by atoms with Crippen molar-refractivity contribution in [2.45, 2.75) is 91.4 Å². The average Bonchev–Trinajstić information content (AvgIpc) is 2.66. The highest BCUT2D eigenvalue weighted by Crippen LogP contribution is 2.25. The molecule has 2 aromatic carbocycles. The van der Waals surface area contributed by atoms with Gasteiger partial charge in [-0.1, -0.05) is 111 Å². The molecule has 0 radical (unpaired) electrons. The van der Waals surface area contributed by atoms with E-state index in [0.29, 0.717) is 12.8 Å². The van der Waals surface area contributed by atoms with Crippen molar-refractivity contribution in [3.63, 3.8) is 0 Å². The molecule has 0 N–H and O–H groups in total. The van der Waals surface area contributed by atoms with Crippen molar-refractivity contribution in [3.05, 3.63) is 88.3 Å². The smallest absolute Gasteiger partial charge is 0.137 e. The van der Waals surface area contributed by atoms with Gasteiger partial charge in [-0.2, -0.15) is 0 Å². The summed E-state index contributed by atoms with van der Waals surface area (Å²) in [5.74, 6) is 2.54. The Balaban J connectivity index is 1.88. The molecule has 3 rings (SSSR count).